The highest BCUT2D eigenvalue weighted by Crippen LogP contribution is 2.24. The van der Waals surface area contributed by atoms with Gasteiger partial charge in [-0.3, -0.25) is 10.1 Å². The van der Waals surface area contributed by atoms with Crippen molar-refractivity contribution in [2.75, 3.05) is 28.7 Å². The molecule has 204 valence electrons. The van der Waals surface area contributed by atoms with Gasteiger partial charge in [-0.15, -0.1) is 0 Å². The second-order valence-corrected chi connectivity index (χ2v) is 9.07. The van der Waals surface area contributed by atoms with E-state index in [1.807, 2.05) is 0 Å². The average Bonchev–Trinajstić information content (AvgIpc) is 3.25. The molecule has 5 rings (SSSR count). The summed E-state index contributed by atoms with van der Waals surface area (Å²) in [6.45, 7) is 1.65. The van der Waals surface area contributed by atoms with E-state index in [2.05, 4.69) is 35.7 Å². The Bertz CT molecular complexity index is 1510. The molecule has 0 aliphatic carbocycles. The molecule has 0 saturated carbocycles. The van der Waals surface area contributed by atoms with Crippen molar-refractivity contribution in [1.29, 1.82) is 0 Å². The number of aromatic nitrogens is 3. The number of anilines is 4. The minimum absolute atomic E-state index is 0.0125. The zero-order chi connectivity index (χ0) is 27.9. The minimum Gasteiger partial charge on any atom is -0.478 e. The number of aromatic carboxylic acids is 1. The summed E-state index contributed by atoms with van der Waals surface area (Å²) >= 11 is 0. The van der Waals surface area contributed by atoms with E-state index in [1.54, 1.807) is 36.4 Å². The third-order valence-electron chi connectivity index (χ3n) is 6.25. The van der Waals surface area contributed by atoms with E-state index >= 15 is 0 Å². The molecule has 1 saturated heterocycles. The molecule has 1 aliphatic heterocycles. The zero-order valence-corrected chi connectivity index (χ0v) is 21.4. The van der Waals surface area contributed by atoms with Crippen LogP contribution in [0.4, 0.5) is 29.2 Å². The van der Waals surface area contributed by atoms with Crippen molar-refractivity contribution >= 4 is 41.4 Å². The van der Waals surface area contributed by atoms with Gasteiger partial charge in [0.05, 0.1) is 16.7 Å². The Hall–Kier alpha value is -5.33. The molecule has 13 nitrogen and oxygen atoms in total. The summed E-state index contributed by atoms with van der Waals surface area (Å²) in [5.41, 5.74) is 4.34. The first kappa shape index (κ1) is 26.3. The SMILES string of the molecule is O=C(O)c1ccc(-c2ccc(/C=N/Nc3nc(Nc4ccc([N+](=O)[O-])cc4)nc(N4CCCCCC4)n3)o2)cc1. The van der Waals surface area contributed by atoms with Crippen LogP contribution in [-0.4, -0.2) is 50.3 Å². The highest BCUT2D eigenvalue weighted by Gasteiger charge is 2.16. The number of non-ortho nitro benzene ring substituents is 1. The lowest BCUT2D eigenvalue weighted by molar-refractivity contribution is -0.384. The number of carboxylic acids is 1. The smallest absolute Gasteiger partial charge is 0.335 e. The number of hydrazone groups is 1. The van der Waals surface area contributed by atoms with Crippen molar-refractivity contribution < 1.29 is 19.2 Å². The number of benzene rings is 2. The molecule has 2 aromatic heterocycles. The van der Waals surface area contributed by atoms with Crippen LogP contribution in [0.5, 0.6) is 0 Å². The second-order valence-electron chi connectivity index (χ2n) is 9.07. The summed E-state index contributed by atoms with van der Waals surface area (Å²) < 4.78 is 5.81. The summed E-state index contributed by atoms with van der Waals surface area (Å²) in [6, 6.07) is 15.9. The number of hydrogen-bond donors (Lipinski definition) is 3. The van der Waals surface area contributed by atoms with Gasteiger partial charge in [-0.1, -0.05) is 25.0 Å². The van der Waals surface area contributed by atoms with Crippen LogP contribution in [0.2, 0.25) is 0 Å². The van der Waals surface area contributed by atoms with Crippen LogP contribution in [0.3, 0.4) is 0 Å². The van der Waals surface area contributed by atoms with Gasteiger partial charge in [-0.05, 0) is 49.2 Å². The number of nitrogens with one attached hydrogen (secondary N) is 2. The number of carbonyl (C=O) groups is 1. The van der Waals surface area contributed by atoms with Crippen LogP contribution >= 0.6 is 0 Å². The maximum Gasteiger partial charge on any atom is 0.335 e. The topological polar surface area (TPSA) is 172 Å². The fraction of sp³-hybridized carbons (Fsp3) is 0.222. The summed E-state index contributed by atoms with van der Waals surface area (Å²) in [5, 5.41) is 27.4. The van der Waals surface area contributed by atoms with Gasteiger partial charge in [0.1, 0.15) is 11.5 Å². The Kier molecular flexibility index (Phi) is 7.90. The third-order valence-corrected chi connectivity index (χ3v) is 6.25. The standard InChI is InChI=1S/C27H26N8O5/c36-24(37)19-7-5-18(6-8-19)23-14-13-22(40-23)17-28-33-26-30-25(29-20-9-11-21(12-10-20)35(38)39)31-27(32-26)34-15-3-1-2-4-16-34/h5-14,17H,1-4,15-16H2,(H,36,37)(H2,29,30,31,32,33)/b28-17+. The lowest BCUT2D eigenvalue weighted by Gasteiger charge is -2.21. The van der Waals surface area contributed by atoms with Crippen molar-refractivity contribution in [2.24, 2.45) is 5.10 Å². The molecule has 40 heavy (non-hydrogen) atoms. The summed E-state index contributed by atoms with van der Waals surface area (Å²) in [5.74, 6) is 1.03. The lowest BCUT2D eigenvalue weighted by Crippen LogP contribution is -2.26. The van der Waals surface area contributed by atoms with Crippen LogP contribution in [0, 0.1) is 10.1 Å². The quantitative estimate of drug-likeness (QED) is 0.142. The monoisotopic (exact) mass is 542 g/mol. The number of nitro groups is 1. The highest BCUT2D eigenvalue weighted by atomic mass is 16.6. The molecule has 4 aromatic rings. The van der Waals surface area contributed by atoms with Gasteiger partial charge < -0.3 is 19.7 Å². The highest BCUT2D eigenvalue weighted by molar-refractivity contribution is 5.88. The molecular formula is C27H26N8O5. The molecule has 0 spiro atoms. The minimum atomic E-state index is -0.992. The molecule has 13 heteroatoms. The molecule has 1 fully saturated rings. The average molecular weight is 543 g/mol. The molecule has 0 radical (unpaired) electrons. The van der Waals surface area contributed by atoms with Crippen molar-refractivity contribution in [3.05, 3.63) is 82.1 Å². The van der Waals surface area contributed by atoms with Gasteiger partial charge in [0.15, 0.2) is 0 Å². The van der Waals surface area contributed by atoms with Crippen LogP contribution < -0.4 is 15.6 Å². The van der Waals surface area contributed by atoms with E-state index in [0.717, 1.165) is 44.3 Å². The number of rotatable bonds is 9. The van der Waals surface area contributed by atoms with E-state index in [4.69, 9.17) is 9.52 Å². The van der Waals surface area contributed by atoms with Gasteiger partial charge in [-0.2, -0.15) is 20.1 Å². The van der Waals surface area contributed by atoms with E-state index < -0.39 is 10.9 Å². The number of hydrogen-bond acceptors (Lipinski definition) is 11. The third kappa shape index (κ3) is 6.56. The largest absolute Gasteiger partial charge is 0.478 e. The van der Waals surface area contributed by atoms with Crippen molar-refractivity contribution in [3.63, 3.8) is 0 Å². The Balaban J connectivity index is 1.33. The van der Waals surface area contributed by atoms with Crippen LogP contribution in [0.25, 0.3) is 11.3 Å². The summed E-state index contributed by atoms with van der Waals surface area (Å²) in [7, 11) is 0. The van der Waals surface area contributed by atoms with Gasteiger partial charge in [0.2, 0.25) is 17.8 Å². The molecule has 3 heterocycles. The molecular weight excluding hydrogens is 516 g/mol. The second kappa shape index (κ2) is 12.0. The molecule has 1 aliphatic rings. The first-order valence-corrected chi connectivity index (χ1v) is 12.7. The zero-order valence-electron chi connectivity index (χ0n) is 21.4. The predicted octanol–water partition coefficient (Wildman–Crippen LogP) is 5.31. The molecule has 0 amide bonds. The normalized spacial score (nSPS) is 13.7. The van der Waals surface area contributed by atoms with Crippen molar-refractivity contribution in [2.45, 2.75) is 25.7 Å². The molecule has 0 bridgehead atoms. The van der Waals surface area contributed by atoms with Crippen LogP contribution in [-0.2, 0) is 0 Å². The van der Waals surface area contributed by atoms with E-state index in [-0.39, 0.29) is 23.1 Å². The first-order valence-electron chi connectivity index (χ1n) is 12.7. The van der Waals surface area contributed by atoms with Crippen molar-refractivity contribution in [1.82, 2.24) is 15.0 Å². The molecule has 2 aromatic carbocycles. The molecule has 0 atom stereocenters. The lowest BCUT2D eigenvalue weighted by atomic mass is 10.1. The van der Waals surface area contributed by atoms with Crippen molar-refractivity contribution in [3.8, 4) is 11.3 Å². The van der Waals surface area contributed by atoms with Crippen LogP contribution in [0.1, 0.15) is 41.8 Å². The van der Waals surface area contributed by atoms with E-state index in [9.17, 15) is 14.9 Å². The predicted molar refractivity (Wildman–Crippen MR) is 149 cm³/mol. The number of carboxylic acid groups (broad SMARTS) is 1. The number of furan rings is 1. The fourth-order valence-electron chi connectivity index (χ4n) is 4.19. The first-order chi connectivity index (χ1) is 19.4. The van der Waals surface area contributed by atoms with E-state index in [1.165, 1.54) is 30.5 Å². The van der Waals surface area contributed by atoms with Crippen LogP contribution in [0.15, 0.2) is 70.2 Å². The molecule has 0 unspecified atom stereocenters. The number of nitrogens with zero attached hydrogens (tertiary/aromatic N) is 6. The fourth-order valence-corrected chi connectivity index (χ4v) is 4.19. The Morgan fingerprint density at radius 1 is 0.950 bits per heavy atom. The summed E-state index contributed by atoms with van der Waals surface area (Å²) in [4.78, 5) is 37.2. The number of nitro benzene ring substituents is 1. The Labute approximate surface area is 228 Å². The van der Waals surface area contributed by atoms with Gasteiger partial charge in [0.25, 0.3) is 5.69 Å². The Morgan fingerprint density at radius 3 is 2.33 bits per heavy atom. The molecule has 3 N–H and O–H groups in total. The van der Waals surface area contributed by atoms with E-state index in [0.29, 0.717) is 23.2 Å². The Morgan fingerprint density at radius 2 is 1.65 bits per heavy atom. The summed E-state index contributed by atoms with van der Waals surface area (Å²) in [6.07, 6.45) is 5.86. The maximum absolute atomic E-state index is 11.1. The maximum atomic E-state index is 11.1. The van der Waals surface area contributed by atoms with Gasteiger partial charge in [0, 0.05) is 36.5 Å². The van der Waals surface area contributed by atoms with Gasteiger partial charge in [-0.25, -0.2) is 10.2 Å². The van der Waals surface area contributed by atoms with Gasteiger partial charge >= 0.3 is 5.97 Å².